The Bertz CT molecular complexity index is 1170. The zero-order valence-corrected chi connectivity index (χ0v) is 17.4. The number of hydrogen-bond acceptors (Lipinski definition) is 4. The Morgan fingerprint density at radius 1 is 0.968 bits per heavy atom. The quantitative estimate of drug-likeness (QED) is 0.276. The van der Waals surface area contributed by atoms with Gasteiger partial charge in [0.25, 0.3) is 0 Å². The maximum Gasteiger partial charge on any atom is 0.185 e. The van der Waals surface area contributed by atoms with Crippen molar-refractivity contribution in [3.63, 3.8) is 0 Å². The van der Waals surface area contributed by atoms with Crippen LogP contribution in [-0.2, 0) is 13.2 Å². The lowest BCUT2D eigenvalue weighted by Gasteiger charge is -2.04. The molecule has 1 heterocycles. The van der Waals surface area contributed by atoms with E-state index in [9.17, 15) is 4.79 Å². The van der Waals surface area contributed by atoms with E-state index in [2.05, 4.69) is 10.3 Å². The summed E-state index contributed by atoms with van der Waals surface area (Å²) < 4.78 is 7.53. The molecule has 1 aromatic heterocycles. The van der Waals surface area contributed by atoms with Crippen LogP contribution in [0.2, 0.25) is 5.02 Å². The minimum Gasteiger partial charge on any atom is -0.487 e. The summed E-state index contributed by atoms with van der Waals surface area (Å²) in [6.07, 6.45) is 5.23. The van der Waals surface area contributed by atoms with Crippen LogP contribution in [0.4, 0.5) is 0 Å². The van der Waals surface area contributed by atoms with E-state index in [4.69, 9.17) is 16.3 Å². The molecule has 0 amide bonds. The van der Waals surface area contributed by atoms with Crippen molar-refractivity contribution < 1.29 is 9.53 Å². The first-order valence-corrected chi connectivity index (χ1v) is 10.2. The normalized spacial score (nSPS) is 11.0. The highest BCUT2D eigenvalue weighted by molar-refractivity contribution is 6.30. The zero-order chi connectivity index (χ0) is 21.5. The van der Waals surface area contributed by atoms with Crippen LogP contribution in [-0.4, -0.2) is 20.8 Å². The maximum absolute atomic E-state index is 12.3. The van der Waals surface area contributed by atoms with Crippen LogP contribution >= 0.6 is 11.6 Å². The summed E-state index contributed by atoms with van der Waals surface area (Å²) in [5, 5.41) is 8.98. The Balaban J connectivity index is 1.30. The van der Waals surface area contributed by atoms with Crippen molar-refractivity contribution in [2.45, 2.75) is 13.2 Å². The van der Waals surface area contributed by atoms with Gasteiger partial charge in [-0.25, -0.2) is 4.68 Å². The first-order valence-electron chi connectivity index (χ1n) is 9.79. The number of hydrogen-bond donors (Lipinski definition) is 0. The molecule has 5 nitrogen and oxygen atoms in total. The average molecular weight is 430 g/mol. The van der Waals surface area contributed by atoms with Gasteiger partial charge in [0.1, 0.15) is 18.1 Å². The minimum atomic E-state index is -0.0551. The van der Waals surface area contributed by atoms with Crippen molar-refractivity contribution in [2.75, 3.05) is 0 Å². The van der Waals surface area contributed by atoms with Crippen molar-refractivity contribution in [2.24, 2.45) is 0 Å². The second-order valence-electron chi connectivity index (χ2n) is 6.96. The number of halogens is 1. The van der Waals surface area contributed by atoms with Gasteiger partial charge in [0.2, 0.25) is 0 Å². The van der Waals surface area contributed by atoms with Crippen molar-refractivity contribution in [3.05, 3.63) is 119 Å². The molecule has 0 aliphatic heterocycles. The first-order chi connectivity index (χ1) is 15.2. The third-order valence-corrected chi connectivity index (χ3v) is 4.85. The van der Waals surface area contributed by atoms with Gasteiger partial charge < -0.3 is 4.74 Å². The number of ether oxygens (including phenoxy) is 1. The van der Waals surface area contributed by atoms with Crippen LogP contribution in [0.3, 0.4) is 0 Å². The molecule has 0 saturated heterocycles. The predicted octanol–water partition coefficient (Wildman–Crippen LogP) is 5.45. The van der Waals surface area contributed by atoms with E-state index in [1.165, 1.54) is 0 Å². The van der Waals surface area contributed by atoms with E-state index < -0.39 is 0 Å². The number of allylic oxidation sites excluding steroid dienone is 1. The van der Waals surface area contributed by atoms with Gasteiger partial charge in [-0.05, 0) is 53.6 Å². The molecule has 6 heteroatoms. The summed E-state index contributed by atoms with van der Waals surface area (Å²) in [6.45, 7) is 0.902. The fourth-order valence-corrected chi connectivity index (χ4v) is 3.09. The van der Waals surface area contributed by atoms with Crippen LogP contribution in [0.15, 0.2) is 91.1 Å². The van der Waals surface area contributed by atoms with Gasteiger partial charge in [0, 0.05) is 10.6 Å². The monoisotopic (exact) mass is 429 g/mol. The molecule has 0 spiro atoms. The number of nitrogens with zero attached hydrogens (tertiary/aromatic N) is 3. The highest BCUT2D eigenvalue weighted by atomic mass is 35.5. The molecule has 0 aliphatic carbocycles. The largest absolute Gasteiger partial charge is 0.487 e. The van der Waals surface area contributed by atoms with Gasteiger partial charge >= 0.3 is 0 Å². The molecule has 0 unspecified atom stereocenters. The Kier molecular flexibility index (Phi) is 6.55. The van der Waals surface area contributed by atoms with Crippen molar-refractivity contribution in [3.8, 4) is 5.75 Å². The number of carbonyl (C=O) groups is 1. The van der Waals surface area contributed by atoms with E-state index in [0.717, 1.165) is 16.8 Å². The van der Waals surface area contributed by atoms with Crippen molar-refractivity contribution in [1.29, 1.82) is 0 Å². The Morgan fingerprint density at radius 3 is 2.45 bits per heavy atom. The second kappa shape index (κ2) is 9.87. The van der Waals surface area contributed by atoms with Gasteiger partial charge in [-0.1, -0.05) is 65.4 Å². The van der Waals surface area contributed by atoms with E-state index in [-0.39, 0.29) is 5.78 Å². The van der Waals surface area contributed by atoms with Crippen LogP contribution in [0.25, 0.3) is 6.08 Å². The molecule has 4 aromatic rings. The van der Waals surface area contributed by atoms with E-state index in [1.807, 2.05) is 60.8 Å². The predicted molar refractivity (Wildman–Crippen MR) is 121 cm³/mol. The minimum absolute atomic E-state index is 0.0551. The molecule has 0 atom stereocenters. The molecule has 154 valence electrons. The van der Waals surface area contributed by atoms with Crippen LogP contribution in [0.1, 0.15) is 27.2 Å². The standard InChI is InChI=1S/C25H20ClN3O2/c26-22-11-6-20(7-12-22)16-29-17-23(27-28-29)18-31-24-13-9-21(10-14-24)25(30)15-8-19-4-2-1-3-5-19/h1-15,17H,16,18H2/b15-8+. The Morgan fingerprint density at radius 2 is 1.71 bits per heavy atom. The fraction of sp³-hybridized carbons (Fsp3) is 0.0800. The lowest BCUT2D eigenvalue weighted by molar-refractivity contribution is 0.104. The number of aromatic nitrogens is 3. The number of rotatable bonds is 8. The number of benzene rings is 3. The van der Waals surface area contributed by atoms with Gasteiger partial charge in [-0.3, -0.25) is 4.79 Å². The van der Waals surface area contributed by atoms with Crippen LogP contribution < -0.4 is 4.74 Å². The highest BCUT2D eigenvalue weighted by Gasteiger charge is 2.05. The molecule has 4 rings (SSSR count). The SMILES string of the molecule is O=C(/C=C/c1ccccc1)c1ccc(OCc2cn(Cc3ccc(Cl)cc3)nn2)cc1. The summed E-state index contributed by atoms with van der Waals surface area (Å²) in [4.78, 5) is 12.3. The molecule has 0 aliphatic rings. The van der Waals surface area contributed by atoms with E-state index >= 15 is 0 Å². The van der Waals surface area contributed by atoms with E-state index in [1.54, 1.807) is 41.1 Å². The summed E-state index contributed by atoms with van der Waals surface area (Å²) >= 11 is 5.91. The first kappa shape index (κ1) is 20.6. The zero-order valence-electron chi connectivity index (χ0n) is 16.7. The fourth-order valence-electron chi connectivity index (χ4n) is 2.96. The maximum atomic E-state index is 12.3. The van der Waals surface area contributed by atoms with Gasteiger partial charge in [0.15, 0.2) is 5.78 Å². The summed E-state index contributed by atoms with van der Waals surface area (Å²) in [6, 6.07) is 24.4. The highest BCUT2D eigenvalue weighted by Crippen LogP contribution is 2.15. The van der Waals surface area contributed by atoms with Gasteiger partial charge in [-0.15, -0.1) is 5.10 Å². The lowest BCUT2D eigenvalue weighted by Crippen LogP contribution is -2.00. The molecule has 0 fully saturated rings. The van der Waals surface area contributed by atoms with Crippen LogP contribution in [0.5, 0.6) is 5.75 Å². The Hall–Kier alpha value is -3.70. The van der Waals surface area contributed by atoms with E-state index in [0.29, 0.717) is 29.5 Å². The molecule has 0 N–H and O–H groups in total. The molecule has 0 radical (unpaired) electrons. The lowest BCUT2D eigenvalue weighted by atomic mass is 10.1. The summed E-state index contributed by atoms with van der Waals surface area (Å²) in [7, 11) is 0. The molecule has 31 heavy (non-hydrogen) atoms. The third-order valence-electron chi connectivity index (χ3n) is 4.60. The number of ketones is 1. The van der Waals surface area contributed by atoms with Gasteiger partial charge in [-0.2, -0.15) is 0 Å². The van der Waals surface area contributed by atoms with Gasteiger partial charge in [0.05, 0.1) is 12.7 Å². The average Bonchev–Trinajstić information content (AvgIpc) is 3.26. The molecule has 0 bridgehead atoms. The third kappa shape index (κ3) is 5.90. The number of carbonyl (C=O) groups excluding carboxylic acids is 1. The van der Waals surface area contributed by atoms with Crippen molar-refractivity contribution in [1.82, 2.24) is 15.0 Å². The molecular weight excluding hydrogens is 410 g/mol. The second-order valence-corrected chi connectivity index (χ2v) is 7.39. The summed E-state index contributed by atoms with van der Waals surface area (Å²) in [5.74, 6) is 0.608. The molecule has 0 saturated carbocycles. The smallest absolute Gasteiger partial charge is 0.185 e. The van der Waals surface area contributed by atoms with Crippen LogP contribution in [0, 0.1) is 0 Å². The molecular formula is C25H20ClN3O2. The molecule has 3 aromatic carbocycles. The topological polar surface area (TPSA) is 57.0 Å². The van der Waals surface area contributed by atoms with Crippen molar-refractivity contribution >= 4 is 23.5 Å². The Labute approximate surface area is 185 Å². The summed E-state index contributed by atoms with van der Waals surface area (Å²) in [5.41, 5.74) is 3.40.